The van der Waals surface area contributed by atoms with Gasteiger partial charge in [-0.1, -0.05) is 6.07 Å². The molecule has 0 aliphatic heterocycles. The van der Waals surface area contributed by atoms with E-state index in [4.69, 9.17) is 0 Å². The van der Waals surface area contributed by atoms with Crippen molar-refractivity contribution in [2.24, 2.45) is 0 Å². The summed E-state index contributed by atoms with van der Waals surface area (Å²) >= 11 is 0. The Labute approximate surface area is 75.0 Å². The van der Waals surface area contributed by atoms with Crippen LogP contribution in [0.5, 0.6) is 5.75 Å². The lowest BCUT2D eigenvalue weighted by Crippen LogP contribution is -1.88. The van der Waals surface area contributed by atoms with Gasteiger partial charge in [0.05, 0.1) is 5.52 Å². The Morgan fingerprint density at radius 2 is 2.23 bits per heavy atom. The first-order valence-corrected chi connectivity index (χ1v) is 3.79. The zero-order valence-corrected chi connectivity index (χ0v) is 6.73. The van der Waals surface area contributed by atoms with Crippen LogP contribution in [-0.4, -0.2) is 11.5 Å². The lowest BCUT2D eigenvalue weighted by Gasteiger charge is -1.98. The van der Waals surface area contributed by atoms with Crippen molar-refractivity contribution in [3.63, 3.8) is 0 Å². The second-order valence-electron chi connectivity index (χ2n) is 2.54. The number of nitrogens with zero attached hydrogens (tertiary/aromatic N) is 1. The van der Waals surface area contributed by atoms with E-state index in [1.165, 1.54) is 6.47 Å². The molecule has 0 N–H and O–H groups in total. The van der Waals surface area contributed by atoms with Gasteiger partial charge < -0.3 is 4.74 Å². The van der Waals surface area contributed by atoms with Crippen LogP contribution in [0.2, 0.25) is 0 Å². The summed E-state index contributed by atoms with van der Waals surface area (Å²) < 4.78 is 4.57. The Bertz CT molecular complexity index is 440. The maximum atomic E-state index is 9.94. The number of hydrogen-bond donors (Lipinski definition) is 0. The molecule has 0 saturated heterocycles. The maximum absolute atomic E-state index is 9.94. The first-order valence-electron chi connectivity index (χ1n) is 3.79. The van der Waals surface area contributed by atoms with Crippen LogP contribution in [0, 0.1) is 0 Å². The number of fused-ring (bicyclic) bond motifs is 1. The highest BCUT2D eigenvalue weighted by Gasteiger charge is 1.96. The van der Waals surface area contributed by atoms with E-state index in [2.05, 4.69) is 9.72 Å². The predicted molar refractivity (Wildman–Crippen MR) is 48.1 cm³/mol. The van der Waals surface area contributed by atoms with Crippen molar-refractivity contribution in [2.75, 3.05) is 0 Å². The Kier molecular flexibility index (Phi) is 1.92. The van der Waals surface area contributed by atoms with Crippen LogP contribution in [0.1, 0.15) is 0 Å². The highest BCUT2D eigenvalue weighted by atomic mass is 16.5. The van der Waals surface area contributed by atoms with Gasteiger partial charge in [-0.05, 0) is 18.2 Å². The third-order valence-electron chi connectivity index (χ3n) is 1.74. The molecule has 2 rings (SSSR count). The van der Waals surface area contributed by atoms with Crippen molar-refractivity contribution < 1.29 is 9.53 Å². The minimum atomic E-state index is 0.459. The summed E-state index contributed by atoms with van der Waals surface area (Å²) in [7, 11) is 0. The number of carbonyl (C=O) groups excluding carboxylic acids is 1. The topological polar surface area (TPSA) is 39.2 Å². The molecule has 1 aromatic heterocycles. The average Bonchev–Trinajstić information content (AvgIpc) is 2.18. The molecule has 0 fully saturated rings. The Hall–Kier alpha value is -1.90. The number of pyridine rings is 1. The van der Waals surface area contributed by atoms with Gasteiger partial charge in [-0.3, -0.25) is 4.98 Å². The number of hydrogen-bond acceptors (Lipinski definition) is 3. The molecule has 0 aliphatic rings. The second-order valence-corrected chi connectivity index (χ2v) is 2.54. The molecule has 63 valence electrons. The number of benzene rings is 1. The zero-order chi connectivity index (χ0) is 9.10. The predicted octanol–water partition coefficient (Wildman–Crippen LogP) is 1.68. The average molecular weight is 172 g/mol. The molecule has 3 heteroatoms. The number of ether oxygens (including phenoxy) is 1. The van der Waals surface area contributed by atoms with Gasteiger partial charge in [-0.15, -0.1) is 0 Å². The van der Waals surface area contributed by atoms with Gasteiger partial charge in [0, 0.05) is 17.6 Å². The molecule has 2 aromatic rings. The minimum absolute atomic E-state index is 0.459. The summed E-state index contributed by atoms with van der Waals surface area (Å²) in [6.45, 7) is 1.37. The van der Waals surface area contributed by atoms with Crippen LogP contribution < -0.4 is 4.74 Å². The first-order chi connectivity index (χ1) is 6.40. The molecule has 3 nitrogen and oxygen atoms in total. The molecule has 0 amide bonds. The highest BCUT2D eigenvalue weighted by molar-refractivity contribution is 5.79. The van der Waals surface area contributed by atoms with Crippen molar-refractivity contribution in [3.05, 3.63) is 36.5 Å². The van der Waals surface area contributed by atoms with Gasteiger partial charge in [0.2, 0.25) is 0 Å². The summed E-state index contributed by atoms with van der Waals surface area (Å²) in [4.78, 5) is 14.1. The molecule has 0 spiro atoms. The molecular formula is C10H6NO2. The fraction of sp³-hybridized carbons (Fsp3) is 0. The molecular weight excluding hydrogens is 166 g/mol. The summed E-state index contributed by atoms with van der Waals surface area (Å²) in [5.74, 6) is 0.459. The summed E-state index contributed by atoms with van der Waals surface area (Å²) in [5, 5.41) is 1.01. The summed E-state index contributed by atoms with van der Waals surface area (Å²) in [6, 6.07) is 9.04. The van der Waals surface area contributed by atoms with E-state index in [9.17, 15) is 4.79 Å². The van der Waals surface area contributed by atoms with Crippen molar-refractivity contribution in [1.29, 1.82) is 0 Å². The van der Waals surface area contributed by atoms with Gasteiger partial charge in [0.1, 0.15) is 5.75 Å². The first kappa shape index (κ1) is 7.73. The number of rotatable bonds is 2. The van der Waals surface area contributed by atoms with Crippen LogP contribution in [0.4, 0.5) is 0 Å². The van der Waals surface area contributed by atoms with Crippen LogP contribution in [0.3, 0.4) is 0 Å². The van der Waals surface area contributed by atoms with Crippen LogP contribution in [-0.2, 0) is 4.79 Å². The Morgan fingerprint density at radius 1 is 1.31 bits per heavy atom. The van der Waals surface area contributed by atoms with E-state index in [0.717, 1.165) is 10.9 Å². The Balaban J connectivity index is 2.55. The third-order valence-corrected chi connectivity index (χ3v) is 1.74. The van der Waals surface area contributed by atoms with Gasteiger partial charge in [-0.2, -0.15) is 0 Å². The van der Waals surface area contributed by atoms with Gasteiger partial charge in [0.15, 0.2) is 0 Å². The molecule has 0 saturated carbocycles. The van der Waals surface area contributed by atoms with Gasteiger partial charge in [0.25, 0.3) is 0 Å². The van der Waals surface area contributed by atoms with E-state index in [1.807, 2.05) is 18.2 Å². The quantitative estimate of drug-likeness (QED) is 0.691. The molecule has 0 unspecified atom stereocenters. The molecule has 0 atom stereocenters. The third kappa shape index (κ3) is 1.49. The lowest BCUT2D eigenvalue weighted by molar-refractivity contribution is 0.443. The van der Waals surface area contributed by atoms with E-state index in [0.29, 0.717) is 5.75 Å². The van der Waals surface area contributed by atoms with E-state index >= 15 is 0 Å². The molecule has 0 bridgehead atoms. The van der Waals surface area contributed by atoms with Gasteiger partial charge >= 0.3 is 6.47 Å². The fourth-order valence-corrected chi connectivity index (χ4v) is 1.16. The Morgan fingerprint density at radius 3 is 3.08 bits per heavy atom. The van der Waals surface area contributed by atoms with Crippen LogP contribution in [0.15, 0.2) is 36.5 Å². The zero-order valence-electron chi connectivity index (χ0n) is 6.73. The molecule has 1 radical (unpaired) electrons. The lowest BCUT2D eigenvalue weighted by atomic mass is 10.2. The summed E-state index contributed by atoms with van der Waals surface area (Å²) in [5.41, 5.74) is 0.801. The van der Waals surface area contributed by atoms with E-state index in [1.54, 1.807) is 18.3 Å². The summed E-state index contributed by atoms with van der Waals surface area (Å²) in [6.07, 6.45) is 1.69. The molecule has 0 aliphatic carbocycles. The fourth-order valence-electron chi connectivity index (χ4n) is 1.16. The van der Waals surface area contributed by atoms with Crippen molar-refractivity contribution in [2.45, 2.75) is 0 Å². The van der Waals surface area contributed by atoms with Crippen LogP contribution >= 0.6 is 0 Å². The number of aromatic nitrogens is 1. The van der Waals surface area contributed by atoms with Crippen molar-refractivity contribution in [3.8, 4) is 5.75 Å². The SMILES string of the molecule is O=[C]Oc1ccc2cccnc2c1. The highest BCUT2D eigenvalue weighted by Crippen LogP contribution is 2.17. The standard InChI is InChI=1S/C10H6NO2/c12-7-13-9-4-3-8-2-1-5-11-10(8)6-9/h1-6H. The smallest absolute Gasteiger partial charge is 0.418 e. The monoisotopic (exact) mass is 172 g/mol. The van der Waals surface area contributed by atoms with E-state index < -0.39 is 0 Å². The van der Waals surface area contributed by atoms with E-state index in [-0.39, 0.29) is 0 Å². The van der Waals surface area contributed by atoms with Crippen molar-refractivity contribution in [1.82, 2.24) is 4.98 Å². The largest absolute Gasteiger partial charge is 0.423 e. The normalized spacial score (nSPS) is 9.85. The molecule has 13 heavy (non-hydrogen) atoms. The minimum Gasteiger partial charge on any atom is -0.418 e. The second kappa shape index (κ2) is 3.23. The molecule has 1 aromatic carbocycles. The van der Waals surface area contributed by atoms with Gasteiger partial charge in [-0.25, -0.2) is 4.79 Å². The maximum Gasteiger partial charge on any atom is 0.423 e. The molecule has 1 heterocycles. The van der Waals surface area contributed by atoms with Crippen LogP contribution in [0.25, 0.3) is 10.9 Å². The van der Waals surface area contributed by atoms with Crippen molar-refractivity contribution >= 4 is 17.4 Å².